The van der Waals surface area contributed by atoms with Crippen molar-refractivity contribution in [2.24, 2.45) is 0 Å². The summed E-state index contributed by atoms with van der Waals surface area (Å²) in [5.41, 5.74) is 0.730. The van der Waals surface area contributed by atoms with Gasteiger partial charge < -0.3 is 19.0 Å². The number of benzene rings is 3. The van der Waals surface area contributed by atoms with Crippen molar-refractivity contribution < 1.29 is 41.4 Å². The van der Waals surface area contributed by atoms with Crippen molar-refractivity contribution >= 4 is 56.4 Å². The lowest BCUT2D eigenvalue weighted by Gasteiger charge is -2.13. The lowest BCUT2D eigenvalue weighted by molar-refractivity contribution is -0.385. The quantitative estimate of drug-likeness (QED) is 0.149. The van der Waals surface area contributed by atoms with Crippen molar-refractivity contribution in [3.63, 3.8) is 0 Å². The summed E-state index contributed by atoms with van der Waals surface area (Å²) in [6, 6.07) is 14.0. The Kier molecular flexibility index (Phi) is 8.82. The molecule has 218 valence electrons. The highest BCUT2D eigenvalue weighted by Crippen LogP contribution is 2.36. The van der Waals surface area contributed by atoms with E-state index in [9.17, 15) is 32.9 Å². The lowest BCUT2D eigenvalue weighted by atomic mass is 10.2. The van der Waals surface area contributed by atoms with E-state index in [4.69, 9.17) is 13.7 Å². The van der Waals surface area contributed by atoms with Gasteiger partial charge in [-0.05, 0) is 72.8 Å². The van der Waals surface area contributed by atoms with Crippen LogP contribution in [0.15, 0.2) is 70.5 Å². The molecule has 1 heterocycles. The molecular formula is C27H23N3O10S2. The summed E-state index contributed by atoms with van der Waals surface area (Å²) in [5.74, 6) is -0.891. The molecule has 0 saturated carbocycles. The highest BCUT2D eigenvalue weighted by molar-refractivity contribution is 8.18. The Balaban J connectivity index is 1.48. The summed E-state index contributed by atoms with van der Waals surface area (Å²) in [7, 11) is -1.69. The number of methoxy groups -OCH3 is 2. The van der Waals surface area contributed by atoms with Crippen molar-refractivity contribution in [1.82, 2.24) is 4.90 Å². The van der Waals surface area contributed by atoms with Crippen LogP contribution in [0.2, 0.25) is 0 Å². The van der Waals surface area contributed by atoms with E-state index in [0.717, 1.165) is 11.0 Å². The predicted molar refractivity (Wildman–Crippen MR) is 153 cm³/mol. The van der Waals surface area contributed by atoms with Gasteiger partial charge in [0.05, 0.1) is 24.0 Å². The van der Waals surface area contributed by atoms with Crippen LogP contribution in [0, 0.1) is 17.0 Å². The Morgan fingerprint density at radius 3 is 2.38 bits per heavy atom. The molecule has 0 unspecified atom stereocenters. The number of thioether (sulfide) groups is 1. The first-order valence-corrected chi connectivity index (χ1v) is 14.2. The van der Waals surface area contributed by atoms with E-state index in [2.05, 4.69) is 5.32 Å². The number of carbonyl (C=O) groups is 3. The molecule has 3 amide bonds. The Morgan fingerprint density at radius 2 is 1.74 bits per heavy atom. The molecule has 0 bridgehead atoms. The van der Waals surface area contributed by atoms with E-state index in [-0.39, 0.29) is 27.7 Å². The van der Waals surface area contributed by atoms with E-state index in [1.54, 1.807) is 24.3 Å². The average molecular weight is 614 g/mol. The molecule has 1 saturated heterocycles. The average Bonchev–Trinajstić information content (AvgIpc) is 3.21. The normalized spacial score (nSPS) is 14.2. The third-order valence-electron chi connectivity index (χ3n) is 5.90. The molecule has 0 radical (unpaired) electrons. The van der Waals surface area contributed by atoms with Crippen LogP contribution in [0.3, 0.4) is 0 Å². The largest absolute Gasteiger partial charge is 0.497 e. The van der Waals surface area contributed by atoms with Gasteiger partial charge in [0.25, 0.3) is 16.8 Å². The second-order valence-electron chi connectivity index (χ2n) is 8.70. The van der Waals surface area contributed by atoms with Crippen LogP contribution in [-0.2, 0) is 19.7 Å². The summed E-state index contributed by atoms with van der Waals surface area (Å²) < 4.78 is 41.2. The summed E-state index contributed by atoms with van der Waals surface area (Å²) in [4.78, 5) is 48.8. The van der Waals surface area contributed by atoms with Crippen molar-refractivity contribution in [3.8, 4) is 17.2 Å². The van der Waals surface area contributed by atoms with Gasteiger partial charge in [-0.3, -0.25) is 29.4 Å². The zero-order valence-electron chi connectivity index (χ0n) is 22.4. The number of nitrogens with zero attached hydrogens (tertiary/aromatic N) is 2. The van der Waals surface area contributed by atoms with E-state index in [0.29, 0.717) is 28.8 Å². The molecule has 42 heavy (non-hydrogen) atoms. The van der Waals surface area contributed by atoms with Gasteiger partial charge in [-0.1, -0.05) is 12.1 Å². The topological polar surface area (TPSA) is 171 Å². The fourth-order valence-electron chi connectivity index (χ4n) is 3.76. The maximum absolute atomic E-state index is 12.9. The number of aryl methyl sites for hydroxylation is 1. The minimum absolute atomic E-state index is 0.0213. The molecule has 1 aliphatic rings. The summed E-state index contributed by atoms with van der Waals surface area (Å²) in [6.45, 7) is 0.975. The first kappa shape index (κ1) is 30.1. The van der Waals surface area contributed by atoms with Crippen molar-refractivity contribution in [2.45, 2.75) is 11.8 Å². The van der Waals surface area contributed by atoms with Gasteiger partial charge >= 0.3 is 10.1 Å². The molecule has 13 nitrogen and oxygen atoms in total. The highest BCUT2D eigenvalue weighted by Gasteiger charge is 2.36. The number of hydrogen-bond donors (Lipinski definition) is 1. The number of hydrogen-bond acceptors (Lipinski definition) is 11. The number of anilines is 1. The molecule has 1 aliphatic heterocycles. The molecule has 1 N–H and O–H groups in total. The Labute approximate surface area is 244 Å². The fraction of sp³-hybridized carbons (Fsp3) is 0.148. The first-order chi connectivity index (χ1) is 19.9. The standard InChI is InChI=1S/C27H23N3O10S2/c1-16-4-10-20(14-21(16)30(34)35)42(36,37)40-22-11-5-17(12-23(22)39-3)13-24-26(32)29(27(33)41-24)15-25(31)28-18-6-8-19(38-2)9-7-18/h4-14H,15H2,1-3H3,(H,28,31)/b24-13-. The molecule has 15 heteroatoms. The fourth-order valence-corrected chi connectivity index (χ4v) is 5.56. The number of rotatable bonds is 10. The maximum atomic E-state index is 12.9. The molecule has 3 aromatic rings. The second-order valence-corrected chi connectivity index (χ2v) is 11.2. The zero-order chi connectivity index (χ0) is 30.6. The number of carbonyl (C=O) groups excluding carboxylic acids is 3. The Hall–Kier alpha value is -4.89. The van der Waals surface area contributed by atoms with Crippen LogP contribution in [0.1, 0.15) is 11.1 Å². The number of nitrogens with one attached hydrogen (secondary N) is 1. The van der Waals surface area contributed by atoms with E-state index in [1.807, 2.05) is 0 Å². The van der Waals surface area contributed by atoms with E-state index < -0.39 is 43.5 Å². The van der Waals surface area contributed by atoms with Gasteiger partial charge in [-0.25, -0.2) is 0 Å². The minimum Gasteiger partial charge on any atom is -0.497 e. The van der Waals surface area contributed by atoms with Gasteiger partial charge in [0.15, 0.2) is 11.5 Å². The number of amides is 3. The summed E-state index contributed by atoms with van der Waals surface area (Å²) in [5, 5.41) is 13.2. The lowest BCUT2D eigenvalue weighted by Crippen LogP contribution is -2.36. The third-order valence-corrected chi connectivity index (χ3v) is 8.04. The smallest absolute Gasteiger partial charge is 0.339 e. The molecule has 0 aliphatic carbocycles. The van der Waals surface area contributed by atoms with Crippen LogP contribution in [-0.4, -0.2) is 56.1 Å². The van der Waals surface area contributed by atoms with Crippen molar-refractivity contribution in [3.05, 3.63) is 86.8 Å². The van der Waals surface area contributed by atoms with Crippen molar-refractivity contribution in [2.75, 3.05) is 26.1 Å². The third kappa shape index (κ3) is 6.70. The monoisotopic (exact) mass is 613 g/mol. The second kappa shape index (κ2) is 12.3. The number of nitro groups is 1. The molecule has 3 aromatic carbocycles. The zero-order valence-corrected chi connectivity index (χ0v) is 24.0. The molecule has 0 spiro atoms. The SMILES string of the molecule is COc1ccc(NC(=O)CN2C(=O)S/C(=C\c3ccc(OS(=O)(=O)c4ccc(C)c([N+](=O)[O-])c4)c(OC)c3)C2=O)cc1. The van der Waals surface area contributed by atoms with Crippen molar-refractivity contribution in [1.29, 1.82) is 0 Å². The van der Waals surface area contributed by atoms with Crippen LogP contribution >= 0.6 is 11.8 Å². The highest BCUT2D eigenvalue weighted by atomic mass is 32.2. The summed E-state index contributed by atoms with van der Waals surface area (Å²) >= 11 is 0.639. The van der Waals surface area contributed by atoms with Gasteiger partial charge in [-0.15, -0.1) is 0 Å². The van der Waals surface area contributed by atoms with E-state index >= 15 is 0 Å². The molecular weight excluding hydrogens is 590 g/mol. The predicted octanol–water partition coefficient (Wildman–Crippen LogP) is 4.36. The molecule has 1 fully saturated rings. The Morgan fingerprint density at radius 1 is 1.02 bits per heavy atom. The number of imide groups is 1. The molecule has 0 atom stereocenters. The van der Waals surface area contributed by atoms with Gasteiger partial charge in [-0.2, -0.15) is 8.42 Å². The van der Waals surface area contributed by atoms with Crippen LogP contribution in [0.4, 0.5) is 16.2 Å². The van der Waals surface area contributed by atoms with E-state index in [1.165, 1.54) is 57.6 Å². The maximum Gasteiger partial charge on any atom is 0.339 e. The first-order valence-electron chi connectivity index (χ1n) is 12.0. The molecule has 0 aromatic heterocycles. The van der Waals surface area contributed by atoms with Gasteiger partial charge in [0, 0.05) is 17.3 Å². The molecule has 4 rings (SSSR count). The van der Waals surface area contributed by atoms with Crippen LogP contribution < -0.4 is 19.0 Å². The van der Waals surface area contributed by atoms with Crippen LogP contribution in [0.5, 0.6) is 17.2 Å². The minimum atomic E-state index is -4.47. The van der Waals surface area contributed by atoms with Gasteiger partial charge in [0.1, 0.15) is 17.2 Å². The summed E-state index contributed by atoms with van der Waals surface area (Å²) in [6.07, 6.45) is 1.39. The van der Waals surface area contributed by atoms with Gasteiger partial charge in [0.2, 0.25) is 5.91 Å². The number of ether oxygens (including phenoxy) is 2. The number of nitro benzene ring substituents is 1. The Bertz CT molecular complexity index is 1720. The van der Waals surface area contributed by atoms with Crippen LogP contribution in [0.25, 0.3) is 6.08 Å².